The van der Waals surface area contributed by atoms with Gasteiger partial charge in [0.05, 0.1) is 11.4 Å². The molecule has 1 aliphatic carbocycles. The summed E-state index contributed by atoms with van der Waals surface area (Å²) in [6.45, 7) is 0. The van der Waals surface area contributed by atoms with Crippen LogP contribution < -0.4 is 16.2 Å². The summed E-state index contributed by atoms with van der Waals surface area (Å²) in [7, 11) is 0.830. The number of benzene rings is 9. The molecule has 0 spiro atoms. The third-order valence-corrected chi connectivity index (χ3v) is 12.7. The highest BCUT2D eigenvalue weighted by atomic mass is 16.3. The molecule has 11 aromatic rings. The molecule has 3 nitrogen and oxygen atoms in total. The van der Waals surface area contributed by atoms with Gasteiger partial charge in [-0.1, -0.05) is 138 Å². The van der Waals surface area contributed by atoms with Crippen LogP contribution in [-0.2, 0) is 6.42 Å². The zero-order chi connectivity index (χ0) is 36.5. The minimum atomic E-state index is 0.269. The predicted octanol–water partition coefficient (Wildman–Crippen LogP) is 12.3. The SMILES string of the molecule is B1c2cccc3c2C(Cc2c1c(-c1c(Nc4cccc5c4oc4ccccc45)ccc4c1oc1ccccc14)cc1ccccc21)c1ccc2ccccc2c1-3. The monoisotopic (exact) mass is 713 g/mol. The zero-order valence-electron chi connectivity index (χ0n) is 30.4. The fourth-order valence-corrected chi connectivity index (χ4v) is 10.3. The zero-order valence-corrected chi connectivity index (χ0v) is 30.4. The molecule has 2 aromatic heterocycles. The first-order chi connectivity index (χ1) is 27.8. The number of anilines is 2. The van der Waals surface area contributed by atoms with E-state index in [2.05, 4.69) is 157 Å². The lowest BCUT2D eigenvalue weighted by Crippen LogP contribution is -2.31. The lowest BCUT2D eigenvalue weighted by atomic mass is 9.59. The van der Waals surface area contributed by atoms with Gasteiger partial charge in [0.1, 0.15) is 16.7 Å². The van der Waals surface area contributed by atoms with Crippen LogP contribution in [0.4, 0.5) is 11.4 Å². The van der Waals surface area contributed by atoms with E-state index < -0.39 is 0 Å². The van der Waals surface area contributed by atoms with Gasteiger partial charge in [0, 0.05) is 33.0 Å². The standard InChI is InChI=1S/C52H32BNO2/c1-4-14-32-29(11-1)23-24-35-39-28-40-31-13-3-2-12-30(31)27-41(50(40)53-42-19-9-18-38(47(32)35)48(39)42)49-43(26-25-37-34-16-6-8-22-46(34)56-52(37)49)54-44-20-10-17-36-33-15-5-7-21-45(33)55-51(36)44/h1-27,39,53-54H,28H2. The molecule has 0 fully saturated rings. The van der Waals surface area contributed by atoms with Gasteiger partial charge in [0.2, 0.25) is 0 Å². The molecule has 260 valence electrons. The molecule has 0 saturated heterocycles. The minimum Gasteiger partial charge on any atom is -0.455 e. The minimum absolute atomic E-state index is 0.269. The van der Waals surface area contributed by atoms with E-state index in [4.69, 9.17) is 8.83 Å². The van der Waals surface area contributed by atoms with Crippen molar-refractivity contribution in [2.45, 2.75) is 12.3 Å². The van der Waals surface area contributed by atoms with E-state index >= 15 is 0 Å². The van der Waals surface area contributed by atoms with E-state index in [9.17, 15) is 0 Å². The predicted molar refractivity (Wildman–Crippen MR) is 235 cm³/mol. The Balaban J connectivity index is 1.09. The quantitative estimate of drug-likeness (QED) is 0.185. The van der Waals surface area contributed by atoms with Gasteiger partial charge in [0.15, 0.2) is 12.9 Å². The van der Waals surface area contributed by atoms with Crippen LogP contribution in [0.25, 0.3) is 87.7 Å². The molecule has 0 amide bonds. The molecule has 0 bridgehead atoms. The molecule has 9 aromatic carbocycles. The molecular weight excluding hydrogens is 681 g/mol. The van der Waals surface area contributed by atoms with Crippen molar-refractivity contribution >= 4 is 95.0 Å². The van der Waals surface area contributed by atoms with Crippen LogP contribution in [-0.4, -0.2) is 7.28 Å². The maximum absolute atomic E-state index is 6.93. The first kappa shape index (κ1) is 30.3. The molecule has 13 rings (SSSR count). The van der Waals surface area contributed by atoms with Crippen molar-refractivity contribution in [3.8, 4) is 22.3 Å². The second-order valence-corrected chi connectivity index (χ2v) is 15.5. The lowest BCUT2D eigenvalue weighted by Gasteiger charge is -2.21. The maximum Gasteiger partial charge on any atom is 0.193 e. The van der Waals surface area contributed by atoms with Gasteiger partial charge in [-0.15, -0.1) is 0 Å². The van der Waals surface area contributed by atoms with Crippen LogP contribution in [0, 0.1) is 0 Å². The van der Waals surface area contributed by atoms with Crippen LogP contribution >= 0.6 is 0 Å². The molecule has 1 N–H and O–H groups in total. The van der Waals surface area contributed by atoms with Gasteiger partial charge < -0.3 is 14.2 Å². The van der Waals surface area contributed by atoms with E-state index in [1.54, 1.807) is 0 Å². The molecule has 3 heterocycles. The van der Waals surface area contributed by atoms with Crippen molar-refractivity contribution in [3.63, 3.8) is 0 Å². The average molecular weight is 714 g/mol. The first-order valence-corrected chi connectivity index (χ1v) is 19.6. The Morgan fingerprint density at radius 3 is 2.00 bits per heavy atom. The van der Waals surface area contributed by atoms with Crippen molar-refractivity contribution in [2.75, 3.05) is 5.32 Å². The fraction of sp³-hybridized carbons (Fsp3) is 0.0385. The summed E-state index contributed by atoms with van der Waals surface area (Å²) in [5.41, 5.74) is 17.6. The molecule has 1 atom stereocenters. The van der Waals surface area contributed by atoms with E-state index in [0.717, 1.165) is 74.5 Å². The summed E-state index contributed by atoms with van der Waals surface area (Å²) in [5.74, 6) is 0.269. The largest absolute Gasteiger partial charge is 0.455 e. The summed E-state index contributed by atoms with van der Waals surface area (Å²) in [6, 6.07) is 59.5. The molecular formula is C52H32BNO2. The Morgan fingerprint density at radius 1 is 0.482 bits per heavy atom. The third-order valence-electron chi connectivity index (χ3n) is 12.7. The highest BCUT2D eigenvalue weighted by Gasteiger charge is 2.36. The summed E-state index contributed by atoms with van der Waals surface area (Å²) in [5, 5.41) is 13.6. The Bertz CT molecular complexity index is 3480. The van der Waals surface area contributed by atoms with E-state index in [0.29, 0.717) is 0 Å². The van der Waals surface area contributed by atoms with Gasteiger partial charge in [-0.3, -0.25) is 0 Å². The summed E-state index contributed by atoms with van der Waals surface area (Å²) in [4.78, 5) is 0. The average Bonchev–Trinajstić information content (AvgIpc) is 3.88. The fourth-order valence-electron chi connectivity index (χ4n) is 10.3. The molecule has 1 aliphatic heterocycles. The van der Waals surface area contributed by atoms with E-state index in [1.807, 2.05) is 12.1 Å². The third kappa shape index (κ3) is 4.13. The van der Waals surface area contributed by atoms with Crippen molar-refractivity contribution in [1.29, 1.82) is 0 Å². The molecule has 56 heavy (non-hydrogen) atoms. The first-order valence-electron chi connectivity index (χ1n) is 19.6. The molecule has 4 heteroatoms. The number of fused-ring (bicyclic) bond motifs is 14. The second kappa shape index (κ2) is 11.3. The van der Waals surface area contributed by atoms with Crippen LogP contribution in [0.5, 0.6) is 0 Å². The Morgan fingerprint density at radius 2 is 1.16 bits per heavy atom. The number of furan rings is 2. The van der Waals surface area contributed by atoms with Crippen molar-refractivity contribution < 1.29 is 8.83 Å². The topological polar surface area (TPSA) is 38.3 Å². The van der Waals surface area contributed by atoms with Crippen LogP contribution in [0.2, 0.25) is 0 Å². The number of nitrogens with one attached hydrogen (secondary N) is 1. The van der Waals surface area contributed by atoms with Gasteiger partial charge in [-0.05, 0) is 97.7 Å². The van der Waals surface area contributed by atoms with Gasteiger partial charge in [0.25, 0.3) is 0 Å². The summed E-state index contributed by atoms with van der Waals surface area (Å²) in [6.07, 6.45) is 0.927. The molecule has 2 aliphatic rings. The number of para-hydroxylation sites is 3. The van der Waals surface area contributed by atoms with Crippen molar-refractivity contribution in [3.05, 3.63) is 180 Å². The highest BCUT2D eigenvalue weighted by Crippen LogP contribution is 2.50. The van der Waals surface area contributed by atoms with Gasteiger partial charge in [-0.2, -0.15) is 0 Å². The van der Waals surface area contributed by atoms with Gasteiger partial charge in [-0.25, -0.2) is 0 Å². The Labute approximate surface area is 323 Å². The summed E-state index contributed by atoms with van der Waals surface area (Å²) >= 11 is 0. The normalized spacial score (nSPS) is 14.3. The second-order valence-electron chi connectivity index (χ2n) is 15.5. The number of hydrogen-bond acceptors (Lipinski definition) is 3. The summed E-state index contributed by atoms with van der Waals surface area (Å²) < 4.78 is 13.5. The van der Waals surface area contributed by atoms with Crippen LogP contribution in [0.1, 0.15) is 22.6 Å². The van der Waals surface area contributed by atoms with Crippen LogP contribution in [0.15, 0.2) is 173 Å². The van der Waals surface area contributed by atoms with Gasteiger partial charge >= 0.3 is 0 Å². The Hall–Kier alpha value is -7.04. The highest BCUT2D eigenvalue weighted by molar-refractivity contribution is 6.70. The maximum atomic E-state index is 6.93. The number of rotatable bonds is 3. The van der Waals surface area contributed by atoms with Crippen LogP contribution in [0.3, 0.4) is 0 Å². The lowest BCUT2D eigenvalue weighted by molar-refractivity contribution is 0.669. The van der Waals surface area contributed by atoms with E-state index in [1.165, 1.54) is 65.9 Å². The molecule has 0 saturated carbocycles. The van der Waals surface area contributed by atoms with Crippen molar-refractivity contribution in [2.24, 2.45) is 0 Å². The Kier molecular flexibility index (Phi) is 6.09. The van der Waals surface area contributed by atoms with Crippen molar-refractivity contribution in [1.82, 2.24) is 0 Å². The smallest absolute Gasteiger partial charge is 0.193 e. The molecule has 0 radical (unpaired) electrons. The van der Waals surface area contributed by atoms with E-state index in [-0.39, 0.29) is 5.92 Å². The molecule has 1 unspecified atom stereocenters. The number of hydrogen-bond donors (Lipinski definition) is 1.